The third-order valence-corrected chi connectivity index (χ3v) is 8.12. The van der Waals surface area contributed by atoms with Crippen LogP contribution < -0.4 is 4.90 Å². The standard InChI is InChI=1S/C39H27NO/c1-26-17-20-29(21-18-26)40(30-22-23-34-33-14-6-7-16-37(33)41-38(34)25-30)36-24-19-28-10-3-5-13-32(28)39(36)35-15-8-11-27-9-2-4-12-31(27)35/h2-25H,1H3. The third kappa shape index (κ3) is 3.88. The molecule has 7 aromatic carbocycles. The first-order chi connectivity index (χ1) is 20.2. The van der Waals surface area contributed by atoms with Gasteiger partial charge in [0.2, 0.25) is 0 Å². The Kier molecular flexibility index (Phi) is 5.39. The van der Waals surface area contributed by atoms with Crippen molar-refractivity contribution in [2.75, 3.05) is 4.90 Å². The molecule has 2 nitrogen and oxygen atoms in total. The minimum absolute atomic E-state index is 0.883. The molecule has 0 amide bonds. The molecule has 1 heterocycles. The maximum Gasteiger partial charge on any atom is 0.137 e. The van der Waals surface area contributed by atoms with Crippen LogP contribution in [0.1, 0.15) is 5.56 Å². The molecule has 0 aliphatic carbocycles. The Morgan fingerprint density at radius 2 is 1.10 bits per heavy atom. The van der Waals surface area contributed by atoms with Crippen molar-refractivity contribution >= 4 is 60.5 Å². The van der Waals surface area contributed by atoms with Crippen molar-refractivity contribution in [2.24, 2.45) is 0 Å². The first kappa shape index (κ1) is 23.5. The second kappa shape index (κ2) is 9.39. The molecule has 8 aromatic rings. The van der Waals surface area contributed by atoms with Crippen LogP contribution in [-0.2, 0) is 0 Å². The average molecular weight is 526 g/mol. The van der Waals surface area contributed by atoms with Gasteiger partial charge in [0.1, 0.15) is 11.2 Å². The van der Waals surface area contributed by atoms with Gasteiger partial charge in [-0.05, 0) is 70.4 Å². The molecule has 0 aliphatic rings. The molecule has 0 atom stereocenters. The first-order valence-electron chi connectivity index (χ1n) is 14.0. The van der Waals surface area contributed by atoms with E-state index in [4.69, 9.17) is 4.42 Å². The fraction of sp³-hybridized carbons (Fsp3) is 0.0256. The highest BCUT2D eigenvalue weighted by Gasteiger charge is 2.21. The maximum atomic E-state index is 6.35. The topological polar surface area (TPSA) is 16.4 Å². The number of rotatable bonds is 4. The van der Waals surface area contributed by atoms with Crippen LogP contribution in [0.5, 0.6) is 0 Å². The molecular weight excluding hydrogens is 498 g/mol. The summed E-state index contributed by atoms with van der Waals surface area (Å²) in [7, 11) is 0. The van der Waals surface area contributed by atoms with Gasteiger partial charge in [0.15, 0.2) is 0 Å². The molecule has 0 N–H and O–H groups in total. The van der Waals surface area contributed by atoms with E-state index in [1.807, 2.05) is 12.1 Å². The molecule has 0 saturated heterocycles. The summed E-state index contributed by atoms with van der Waals surface area (Å²) < 4.78 is 6.35. The lowest BCUT2D eigenvalue weighted by Gasteiger charge is -2.29. The van der Waals surface area contributed by atoms with Gasteiger partial charge in [-0.25, -0.2) is 0 Å². The first-order valence-corrected chi connectivity index (χ1v) is 14.0. The third-order valence-electron chi connectivity index (χ3n) is 8.12. The number of benzene rings is 7. The van der Waals surface area contributed by atoms with Crippen molar-refractivity contribution in [3.8, 4) is 11.1 Å². The minimum Gasteiger partial charge on any atom is -0.456 e. The zero-order chi connectivity index (χ0) is 27.3. The van der Waals surface area contributed by atoms with Gasteiger partial charge in [0, 0.05) is 33.8 Å². The van der Waals surface area contributed by atoms with E-state index in [-0.39, 0.29) is 0 Å². The number of hydrogen-bond donors (Lipinski definition) is 0. The van der Waals surface area contributed by atoms with E-state index in [1.165, 1.54) is 38.2 Å². The summed E-state index contributed by atoms with van der Waals surface area (Å²) in [6.45, 7) is 2.13. The quantitative estimate of drug-likeness (QED) is 0.227. The number of hydrogen-bond acceptors (Lipinski definition) is 2. The van der Waals surface area contributed by atoms with Crippen LogP contribution in [0.15, 0.2) is 150 Å². The Morgan fingerprint density at radius 3 is 1.93 bits per heavy atom. The number of nitrogens with zero attached hydrogens (tertiary/aromatic N) is 1. The van der Waals surface area contributed by atoms with Gasteiger partial charge in [-0.3, -0.25) is 0 Å². The number of para-hydroxylation sites is 1. The van der Waals surface area contributed by atoms with Gasteiger partial charge in [0.25, 0.3) is 0 Å². The summed E-state index contributed by atoms with van der Waals surface area (Å²) in [5.41, 5.74) is 8.73. The van der Waals surface area contributed by atoms with Gasteiger partial charge >= 0.3 is 0 Å². The van der Waals surface area contributed by atoms with Gasteiger partial charge < -0.3 is 9.32 Å². The Balaban J connectivity index is 1.46. The highest BCUT2D eigenvalue weighted by Crippen LogP contribution is 2.46. The highest BCUT2D eigenvalue weighted by atomic mass is 16.3. The van der Waals surface area contributed by atoms with E-state index >= 15 is 0 Å². The number of fused-ring (bicyclic) bond motifs is 5. The Bertz CT molecular complexity index is 2220. The molecule has 0 spiro atoms. The number of furan rings is 1. The van der Waals surface area contributed by atoms with Crippen LogP contribution in [-0.4, -0.2) is 0 Å². The Morgan fingerprint density at radius 1 is 0.463 bits per heavy atom. The van der Waals surface area contributed by atoms with E-state index in [0.717, 1.165) is 39.0 Å². The molecule has 2 heteroatoms. The van der Waals surface area contributed by atoms with Crippen molar-refractivity contribution in [3.63, 3.8) is 0 Å². The summed E-state index contributed by atoms with van der Waals surface area (Å²) >= 11 is 0. The molecule has 41 heavy (non-hydrogen) atoms. The summed E-state index contributed by atoms with van der Waals surface area (Å²) in [4.78, 5) is 2.37. The van der Waals surface area contributed by atoms with E-state index in [2.05, 4.69) is 145 Å². The predicted octanol–water partition coefficient (Wildman–Crippen LogP) is 11.3. The highest BCUT2D eigenvalue weighted by molar-refractivity contribution is 6.12. The van der Waals surface area contributed by atoms with Crippen molar-refractivity contribution in [3.05, 3.63) is 151 Å². The van der Waals surface area contributed by atoms with Gasteiger partial charge in [-0.15, -0.1) is 0 Å². The predicted molar refractivity (Wildman–Crippen MR) is 174 cm³/mol. The molecule has 0 aliphatic heterocycles. The smallest absolute Gasteiger partial charge is 0.137 e. The number of anilines is 3. The SMILES string of the molecule is Cc1ccc(N(c2ccc3c(c2)oc2ccccc23)c2ccc3ccccc3c2-c2cccc3ccccc23)cc1. The van der Waals surface area contributed by atoms with E-state index in [1.54, 1.807) is 0 Å². The van der Waals surface area contributed by atoms with Crippen LogP contribution in [0.3, 0.4) is 0 Å². The fourth-order valence-electron chi connectivity index (χ4n) is 6.15. The molecular formula is C39H27NO. The largest absolute Gasteiger partial charge is 0.456 e. The molecule has 0 bridgehead atoms. The summed E-state index contributed by atoms with van der Waals surface area (Å²) in [6.07, 6.45) is 0. The lowest BCUT2D eigenvalue weighted by molar-refractivity contribution is 0.669. The molecule has 0 fully saturated rings. The monoisotopic (exact) mass is 525 g/mol. The zero-order valence-electron chi connectivity index (χ0n) is 22.7. The van der Waals surface area contributed by atoms with Crippen molar-refractivity contribution in [1.29, 1.82) is 0 Å². The summed E-state index contributed by atoms with van der Waals surface area (Å²) in [5, 5.41) is 7.18. The molecule has 1 aromatic heterocycles. The lowest BCUT2D eigenvalue weighted by atomic mass is 9.91. The second-order valence-electron chi connectivity index (χ2n) is 10.7. The molecule has 0 radical (unpaired) electrons. The van der Waals surface area contributed by atoms with Crippen LogP contribution >= 0.6 is 0 Å². The van der Waals surface area contributed by atoms with Crippen LogP contribution in [0.2, 0.25) is 0 Å². The average Bonchev–Trinajstić information content (AvgIpc) is 3.40. The van der Waals surface area contributed by atoms with E-state index < -0.39 is 0 Å². The van der Waals surface area contributed by atoms with Crippen LogP contribution in [0.25, 0.3) is 54.6 Å². The fourth-order valence-corrected chi connectivity index (χ4v) is 6.15. The molecule has 8 rings (SSSR count). The normalized spacial score (nSPS) is 11.5. The van der Waals surface area contributed by atoms with Crippen molar-refractivity contribution in [2.45, 2.75) is 6.92 Å². The number of aryl methyl sites for hydroxylation is 1. The van der Waals surface area contributed by atoms with Gasteiger partial charge in [0.05, 0.1) is 5.69 Å². The Labute approximate surface area is 238 Å². The second-order valence-corrected chi connectivity index (χ2v) is 10.7. The Hall–Kier alpha value is -5.34. The molecule has 194 valence electrons. The molecule has 0 unspecified atom stereocenters. The van der Waals surface area contributed by atoms with Crippen LogP contribution in [0, 0.1) is 6.92 Å². The zero-order valence-corrected chi connectivity index (χ0v) is 22.7. The van der Waals surface area contributed by atoms with Crippen molar-refractivity contribution in [1.82, 2.24) is 0 Å². The minimum atomic E-state index is 0.883. The lowest BCUT2D eigenvalue weighted by Crippen LogP contribution is -2.11. The van der Waals surface area contributed by atoms with Gasteiger partial charge in [-0.2, -0.15) is 0 Å². The van der Waals surface area contributed by atoms with E-state index in [9.17, 15) is 0 Å². The van der Waals surface area contributed by atoms with Crippen LogP contribution in [0.4, 0.5) is 17.1 Å². The van der Waals surface area contributed by atoms with Gasteiger partial charge in [-0.1, -0.05) is 109 Å². The van der Waals surface area contributed by atoms with Crippen molar-refractivity contribution < 1.29 is 4.42 Å². The molecule has 0 saturated carbocycles. The maximum absolute atomic E-state index is 6.35. The van der Waals surface area contributed by atoms with E-state index in [0.29, 0.717) is 0 Å². The summed E-state index contributed by atoms with van der Waals surface area (Å²) in [5.74, 6) is 0. The summed E-state index contributed by atoms with van der Waals surface area (Å²) in [6, 6.07) is 52.1.